The van der Waals surface area contributed by atoms with Gasteiger partial charge in [0.05, 0.1) is 6.61 Å². The minimum Gasteiger partial charge on any atom is -0.462 e. The van der Waals surface area contributed by atoms with Gasteiger partial charge < -0.3 is 14.6 Å². The summed E-state index contributed by atoms with van der Waals surface area (Å²) < 4.78 is 10.7. The maximum Gasteiger partial charge on any atom is 0.306 e. The number of hydrogen-bond donors (Lipinski definition) is 1. The van der Waals surface area contributed by atoms with Crippen molar-refractivity contribution in [1.29, 1.82) is 0 Å². The van der Waals surface area contributed by atoms with E-state index >= 15 is 0 Å². The van der Waals surface area contributed by atoms with Gasteiger partial charge in [-0.3, -0.25) is 9.59 Å². The molecule has 0 heterocycles. The number of rotatable bonds is 59. The van der Waals surface area contributed by atoms with E-state index in [1.54, 1.807) is 0 Å². The molecule has 0 aromatic heterocycles. The molecule has 1 unspecified atom stereocenters. The predicted molar refractivity (Wildman–Crippen MR) is 311 cm³/mol. The summed E-state index contributed by atoms with van der Waals surface area (Å²) in [4.78, 5) is 24.5. The van der Waals surface area contributed by atoms with Gasteiger partial charge in [-0.2, -0.15) is 0 Å². The Labute approximate surface area is 443 Å². The van der Waals surface area contributed by atoms with Gasteiger partial charge in [0, 0.05) is 12.8 Å². The van der Waals surface area contributed by atoms with Crippen LogP contribution in [0.1, 0.15) is 341 Å². The van der Waals surface area contributed by atoms with Crippen LogP contribution >= 0.6 is 0 Å². The van der Waals surface area contributed by atoms with E-state index in [2.05, 4.69) is 62.5 Å². The first-order chi connectivity index (χ1) is 35.1. The van der Waals surface area contributed by atoms with Crippen LogP contribution in [0.3, 0.4) is 0 Å². The summed E-state index contributed by atoms with van der Waals surface area (Å²) in [5.41, 5.74) is 0. The zero-order valence-corrected chi connectivity index (χ0v) is 47.8. The Morgan fingerprint density at radius 1 is 0.338 bits per heavy atom. The van der Waals surface area contributed by atoms with Gasteiger partial charge in [-0.15, -0.1) is 0 Å². The minimum atomic E-state index is -0.785. The second-order valence-corrected chi connectivity index (χ2v) is 21.5. The first-order valence-electron chi connectivity index (χ1n) is 31.7. The van der Waals surface area contributed by atoms with Crippen LogP contribution in [0.25, 0.3) is 0 Å². The zero-order valence-electron chi connectivity index (χ0n) is 47.8. The minimum absolute atomic E-state index is 0.0737. The van der Waals surface area contributed by atoms with Crippen LogP contribution in [0.4, 0.5) is 0 Å². The molecule has 0 fully saturated rings. The lowest BCUT2D eigenvalue weighted by Gasteiger charge is -2.15. The van der Waals surface area contributed by atoms with E-state index in [9.17, 15) is 14.7 Å². The Bertz CT molecular complexity index is 1170. The van der Waals surface area contributed by atoms with Gasteiger partial charge in [0.2, 0.25) is 0 Å². The molecule has 71 heavy (non-hydrogen) atoms. The SMILES string of the molecule is CC/C=C\C/C=C\C/C=C\C/C=C\CCCCCCC(=O)OC(CO)COC(=O)CCCCCCCCCCCCCCCCCCCCCCCCCCCCCCCCCCCCCCCCCC. The van der Waals surface area contributed by atoms with Gasteiger partial charge in [-0.1, -0.05) is 326 Å². The maximum absolute atomic E-state index is 12.3. The smallest absolute Gasteiger partial charge is 0.306 e. The Hall–Kier alpha value is -2.14. The number of esters is 2. The van der Waals surface area contributed by atoms with Crippen molar-refractivity contribution in [2.75, 3.05) is 13.2 Å². The van der Waals surface area contributed by atoms with Crippen LogP contribution in [0.15, 0.2) is 48.6 Å². The molecule has 0 rings (SSSR count). The number of aliphatic hydroxyl groups excluding tert-OH is 1. The van der Waals surface area contributed by atoms with Crippen LogP contribution < -0.4 is 0 Å². The molecule has 0 aromatic rings. The summed E-state index contributed by atoms with van der Waals surface area (Å²) >= 11 is 0. The third-order valence-corrected chi connectivity index (χ3v) is 14.4. The van der Waals surface area contributed by atoms with Crippen molar-refractivity contribution in [1.82, 2.24) is 0 Å². The Balaban J connectivity index is 3.36. The number of hydrogen-bond acceptors (Lipinski definition) is 5. The first kappa shape index (κ1) is 68.9. The van der Waals surface area contributed by atoms with Crippen LogP contribution in [0.2, 0.25) is 0 Å². The predicted octanol–water partition coefficient (Wildman–Crippen LogP) is 21.6. The number of allylic oxidation sites excluding steroid dienone is 8. The molecule has 0 radical (unpaired) electrons. The number of unbranched alkanes of at least 4 members (excludes halogenated alkanes) is 43. The molecule has 1 N–H and O–H groups in total. The summed E-state index contributed by atoms with van der Waals surface area (Å²) in [6.07, 6.45) is 82.9. The van der Waals surface area contributed by atoms with Crippen molar-refractivity contribution < 1.29 is 24.2 Å². The van der Waals surface area contributed by atoms with E-state index in [1.165, 1.54) is 238 Å². The van der Waals surface area contributed by atoms with Crippen molar-refractivity contribution in [3.8, 4) is 0 Å². The maximum atomic E-state index is 12.3. The lowest BCUT2D eigenvalue weighted by Crippen LogP contribution is -2.28. The standard InChI is InChI=1S/C66H122O5/c1-3-5-7-9-11-13-15-17-19-21-22-23-24-25-26-27-28-29-30-31-32-33-34-35-36-37-38-39-40-41-42-43-45-46-48-50-52-54-56-58-60-65(68)70-63-64(62-67)71-66(69)61-59-57-55-53-51-49-47-44-20-18-16-14-12-10-8-6-4-2/h6,8,12,14,18,20,47,49,64,67H,3-5,7,9-11,13,15-17,19,21-46,48,50-63H2,1-2H3/b8-6-,14-12-,20-18-,49-47-. The van der Waals surface area contributed by atoms with Gasteiger partial charge in [0.1, 0.15) is 6.61 Å². The summed E-state index contributed by atoms with van der Waals surface area (Å²) in [7, 11) is 0. The van der Waals surface area contributed by atoms with E-state index in [4.69, 9.17) is 9.47 Å². The zero-order chi connectivity index (χ0) is 51.3. The number of carbonyl (C=O) groups excluding carboxylic acids is 2. The van der Waals surface area contributed by atoms with E-state index in [1.807, 2.05) is 0 Å². The Kier molecular flexibility index (Phi) is 60.3. The molecule has 0 aliphatic heterocycles. The molecule has 0 saturated heterocycles. The molecule has 5 heteroatoms. The first-order valence-corrected chi connectivity index (χ1v) is 31.7. The molecule has 0 aliphatic carbocycles. The van der Waals surface area contributed by atoms with Crippen molar-refractivity contribution in [3.63, 3.8) is 0 Å². The van der Waals surface area contributed by atoms with Crippen molar-refractivity contribution >= 4 is 11.9 Å². The van der Waals surface area contributed by atoms with Gasteiger partial charge in [-0.05, 0) is 51.4 Å². The molecular weight excluding hydrogens is 873 g/mol. The van der Waals surface area contributed by atoms with Crippen molar-refractivity contribution in [2.45, 2.75) is 347 Å². The van der Waals surface area contributed by atoms with Crippen LogP contribution in [-0.4, -0.2) is 36.4 Å². The highest BCUT2D eigenvalue weighted by atomic mass is 16.6. The van der Waals surface area contributed by atoms with E-state index in [0.717, 1.165) is 77.0 Å². The van der Waals surface area contributed by atoms with Crippen molar-refractivity contribution in [3.05, 3.63) is 48.6 Å². The number of ether oxygens (including phenoxy) is 2. The molecule has 0 aromatic carbocycles. The average molecular weight is 996 g/mol. The quantitative estimate of drug-likeness (QED) is 0.0373. The third-order valence-electron chi connectivity index (χ3n) is 14.4. The summed E-state index contributed by atoms with van der Waals surface area (Å²) in [5.74, 6) is -0.606. The topological polar surface area (TPSA) is 72.8 Å². The molecule has 1 atom stereocenters. The highest BCUT2D eigenvalue weighted by Crippen LogP contribution is 2.18. The normalized spacial score (nSPS) is 12.4. The fourth-order valence-corrected chi connectivity index (χ4v) is 9.67. The molecule has 416 valence electrons. The number of aliphatic hydroxyl groups is 1. The average Bonchev–Trinajstić information content (AvgIpc) is 3.37. The second kappa shape index (κ2) is 62.2. The van der Waals surface area contributed by atoms with Gasteiger partial charge in [-0.25, -0.2) is 0 Å². The second-order valence-electron chi connectivity index (χ2n) is 21.5. The van der Waals surface area contributed by atoms with Crippen LogP contribution in [0, 0.1) is 0 Å². The molecule has 0 spiro atoms. The fraction of sp³-hybridized carbons (Fsp3) is 0.848. The molecule has 0 amide bonds. The van der Waals surface area contributed by atoms with Gasteiger partial charge in [0.15, 0.2) is 6.10 Å². The summed E-state index contributed by atoms with van der Waals surface area (Å²) in [6, 6.07) is 0. The molecule has 0 saturated carbocycles. The lowest BCUT2D eigenvalue weighted by atomic mass is 10.0. The largest absolute Gasteiger partial charge is 0.462 e. The summed E-state index contributed by atoms with van der Waals surface area (Å²) in [6.45, 7) is 4.05. The van der Waals surface area contributed by atoms with Crippen molar-refractivity contribution in [2.24, 2.45) is 0 Å². The molecular formula is C66H122O5. The molecule has 5 nitrogen and oxygen atoms in total. The van der Waals surface area contributed by atoms with E-state index in [-0.39, 0.29) is 25.2 Å². The van der Waals surface area contributed by atoms with Crippen LogP contribution in [0.5, 0.6) is 0 Å². The number of carbonyl (C=O) groups is 2. The lowest BCUT2D eigenvalue weighted by molar-refractivity contribution is -0.161. The molecule has 0 bridgehead atoms. The van der Waals surface area contributed by atoms with Gasteiger partial charge >= 0.3 is 11.9 Å². The van der Waals surface area contributed by atoms with E-state index in [0.29, 0.717) is 12.8 Å². The van der Waals surface area contributed by atoms with E-state index < -0.39 is 6.10 Å². The highest BCUT2D eigenvalue weighted by molar-refractivity contribution is 5.70. The monoisotopic (exact) mass is 995 g/mol. The van der Waals surface area contributed by atoms with Gasteiger partial charge in [0.25, 0.3) is 0 Å². The Morgan fingerprint density at radius 2 is 0.606 bits per heavy atom. The summed E-state index contributed by atoms with van der Waals surface area (Å²) in [5, 5.41) is 9.64. The highest BCUT2D eigenvalue weighted by Gasteiger charge is 2.16. The Morgan fingerprint density at radius 3 is 0.915 bits per heavy atom. The fourth-order valence-electron chi connectivity index (χ4n) is 9.67. The third kappa shape index (κ3) is 60.3. The molecule has 0 aliphatic rings. The van der Waals surface area contributed by atoms with Crippen LogP contribution in [-0.2, 0) is 19.1 Å².